The minimum Gasteiger partial charge on any atom is -0.345 e. The van der Waals surface area contributed by atoms with E-state index in [-0.39, 0.29) is 0 Å². The summed E-state index contributed by atoms with van der Waals surface area (Å²) in [4.78, 5) is 11.7. The fourth-order valence-corrected chi connectivity index (χ4v) is 3.58. The maximum Gasteiger partial charge on any atom is 0.187 e. The number of aliphatic imine (C=N–C) groups is 1. The Labute approximate surface area is 160 Å². The molecule has 1 aliphatic carbocycles. The van der Waals surface area contributed by atoms with Gasteiger partial charge in [0.05, 0.1) is 16.9 Å². The zero-order chi connectivity index (χ0) is 18.4. The molecule has 27 heavy (non-hydrogen) atoms. The first-order valence-electron chi connectivity index (χ1n) is 8.85. The van der Waals surface area contributed by atoms with Gasteiger partial charge >= 0.3 is 0 Å². The lowest BCUT2D eigenvalue weighted by Crippen LogP contribution is -2.55. The number of allylic oxidation sites excluding steroid dienone is 1. The summed E-state index contributed by atoms with van der Waals surface area (Å²) in [5, 5.41) is 14.5. The average Bonchev–Trinajstić information content (AvgIpc) is 3.19. The van der Waals surface area contributed by atoms with Crippen molar-refractivity contribution in [2.45, 2.75) is 31.0 Å². The molecule has 1 aromatic carbocycles. The van der Waals surface area contributed by atoms with Crippen LogP contribution in [0.5, 0.6) is 0 Å². The molecular formula is C18H19ClN8. The number of anilines is 1. The van der Waals surface area contributed by atoms with Gasteiger partial charge in [0, 0.05) is 30.3 Å². The lowest BCUT2D eigenvalue weighted by molar-refractivity contribution is 0.380. The molecule has 1 fully saturated rings. The van der Waals surface area contributed by atoms with Gasteiger partial charge in [-0.25, -0.2) is 4.98 Å². The van der Waals surface area contributed by atoms with Crippen molar-refractivity contribution >= 4 is 34.7 Å². The van der Waals surface area contributed by atoms with Crippen molar-refractivity contribution in [3.8, 4) is 0 Å². The lowest BCUT2D eigenvalue weighted by Gasteiger charge is -2.31. The number of halogens is 1. The molecule has 0 radical (unpaired) electrons. The van der Waals surface area contributed by atoms with E-state index in [1.165, 1.54) is 18.5 Å². The highest BCUT2D eigenvalue weighted by molar-refractivity contribution is 6.35. The monoisotopic (exact) mass is 382 g/mol. The highest BCUT2D eigenvalue weighted by Gasteiger charge is 2.29. The van der Waals surface area contributed by atoms with Crippen LogP contribution in [0.4, 0.5) is 5.82 Å². The van der Waals surface area contributed by atoms with Gasteiger partial charge in [0.1, 0.15) is 11.3 Å². The number of fused-ring (bicyclic) bond motifs is 1. The maximum absolute atomic E-state index is 6.51. The number of nitrogens with one attached hydrogen (secondary N) is 4. The first-order chi connectivity index (χ1) is 13.1. The van der Waals surface area contributed by atoms with E-state index in [2.05, 4.69) is 35.8 Å². The Hall–Kier alpha value is -2.84. The number of nitrogens with zero attached hydrogens (tertiary/aromatic N) is 3. The molecule has 1 unspecified atom stereocenters. The van der Waals surface area contributed by atoms with E-state index >= 15 is 0 Å². The van der Waals surface area contributed by atoms with Crippen LogP contribution in [-0.4, -0.2) is 32.2 Å². The number of hydrogen-bond donors (Lipinski definition) is 5. The van der Waals surface area contributed by atoms with Gasteiger partial charge in [-0.15, -0.1) is 0 Å². The van der Waals surface area contributed by atoms with Gasteiger partial charge < -0.3 is 15.6 Å². The van der Waals surface area contributed by atoms with Crippen molar-refractivity contribution in [3.63, 3.8) is 0 Å². The van der Waals surface area contributed by atoms with Gasteiger partial charge in [0.15, 0.2) is 11.6 Å². The maximum atomic E-state index is 6.51. The second-order valence-corrected chi connectivity index (χ2v) is 7.41. The van der Waals surface area contributed by atoms with Gasteiger partial charge in [-0.05, 0) is 30.5 Å². The molecule has 2 aromatic heterocycles. The molecule has 138 valence electrons. The van der Waals surface area contributed by atoms with E-state index in [0.717, 1.165) is 28.2 Å². The number of H-pyrrole nitrogens is 2. The van der Waals surface area contributed by atoms with Gasteiger partial charge in [-0.2, -0.15) is 5.10 Å². The number of benzene rings is 1. The Balaban J connectivity index is 1.32. The Morgan fingerprint density at radius 1 is 1.33 bits per heavy atom. The lowest BCUT2D eigenvalue weighted by atomic mass is 10.1. The van der Waals surface area contributed by atoms with Crippen LogP contribution in [0, 0.1) is 0 Å². The minimum absolute atomic E-state index is 0.415. The van der Waals surface area contributed by atoms with Gasteiger partial charge in [0.25, 0.3) is 0 Å². The summed E-state index contributed by atoms with van der Waals surface area (Å²) in [7, 11) is 0. The number of imidazole rings is 1. The fraction of sp³-hybridized carbons (Fsp3) is 0.278. The number of aromatic nitrogens is 4. The predicted octanol–water partition coefficient (Wildman–Crippen LogP) is 2.60. The molecule has 9 heteroatoms. The van der Waals surface area contributed by atoms with Crippen molar-refractivity contribution < 1.29 is 0 Å². The second-order valence-electron chi connectivity index (χ2n) is 7.03. The van der Waals surface area contributed by atoms with Crippen molar-refractivity contribution in [2.75, 3.05) is 5.32 Å². The Morgan fingerprint density at radius 3 is 3.07 bits per heavy atom. The average molecular weight is 383 g/mol. The van der Waals surface area contributed by atoms with E-state index < -0.39 is 5.79 Å². The Morgan fingerprint density at radius 2 is 2.22 bits per heavy atom. The van der Waals surface area contributed by atoms with Gasteiger partial charge in [-0.3, -0.25) is 15.8 Å². The summed E-state index contributed by atoms with van der Waals surface area (Å²) in [5.74, 6) is 1.10. The zero-order valence-electron chi connectivity index (χ0n) is 14.5. The van der Waals surface area contributed by atoms with Crippen LogP contribution in [0.15, 0.2) is 41.4 Å². The van der Waals surface area contributed by atoms with E-state index in [4.69, 9.17) is 17.3 Å². The smallest absolute Gasteiger partial charge is 0.187 e. The third-order valence-electron chi connectivity index (χ3n) is 4.84. The summed E-state index contributed by atoms with van der Waals surface area (Å²) >= 11 is 6.51. The molecule has 0 saturated heterocycles. The molecular weight excluding hydrogens is 364 g/mol. The second kappa shape index (κ2) is 6.11. The summed E-state index contributed by atoms with van der Waals surface area (Å²) in [6.07, 6.45) is 8.01. The first kappa shape index (κ1) is 16.3. The molecule has 5 rings (SSSR count). The summed E-state index contributed by atoms with van der Waals surface area (Å²) < 4.78 is 0. The molecule has 3 heterocycles. The van der Waals surface area contributed by atoms with E-state index in [9.17, 15) is 0 Å². The van der Waals surface area contributed by atoms with Crippen LogP contribution >= 0.6 is 11.6 Å². The topological polar surface area (TPSA) is 120 Å². The minimum atomic E-state index is -1.01. The molecule has 8 nitrogen and oxygen atoms in total. The summed E-state index contributed by atoms with van der Waals surface area (Å²) in [6, 6.07) is 5.92. The fourth-order valence-electron chi connectivity index (χ4n) is 3.30. The number of rotatable bonds is 5. The third kappa shape index (κ3) is 3.17. The Kier molecular flexibility index (Phi) is 3.70. The highest BCUT2D eigenvalue weighted by atomic mass is 35.5. The van der Waals surface area contributed by atoms with Crippen LogP contribution in [-0.2, 0) is 6.42 Å². The van der Waals surface area contributed by atoms with Crippen LogP contribution < -0.4 is 16.4 Å². The zero-order valence-corrected chi connectivity index (χ0v) is 15.2. The molecule has 6 N–H and O–H groups in total. The third-order valence-corrected chi connectivity index (χ3v) is 5.27. The van der Waals surface area contributed by atoms with Gasteiger partial charge in [-0.1, -0.05) is 17.7 Å². The van der Waals surface area contributed by atoms with E-state index in [1.807, 2.05) is 24.3 Å². The van der Waals surface area contributed by atoms with Crippen molar-refractivity contribution in [1.29, 1.82) is 0 Å². The number of aromatic amines is 2. The predicted molar refractivity (Wildman–Crippen MR) is 106 cm³/mol. The SMILES string of the molecule is NC1(Cc2ccc3[nH]cnc3c2Cl)N=CC=C(Nc2cc(C3CC3)[nH]n2)N1. The number of hydrogen-bond acceptors (Lipinski definition) is 6. The quantitative estimate of drug-likeness (QED) is 0.464. The van der Waals surface area contributed by atoms with Crippen molar-refractivity contribution in [1.82, 2.24) is 25.5 Å². The standard InChI is InChI=1S/C18H19ClN8/c19-16-11(3-4-12-17(16)22-9-21-12)8-18(20)23-6-5-14(25-18)24-15-7-13(26-27-15)10-1-2-10/h3-7,9-10,25H,1-2,8,20H2,(H,21,22)(H2,24,26,27). The molecule has 1 atom stereocenters. The number of nitrogens with two attached hydrogens (primary N) is 1. The van der Waals surface area contributed by atoms with Crippen LogP contribution in [0.3, 0.4) is 0 Å². The largest absolute Gasteiger partial charge is 0.345 e. The molecule has 0 spiro atoms. The molecule has 0 bridgehead atoms. The summed E-state index contributed by atoms with van der Waals surface area (Å²) in [5.41, 5.74) is 10.1. The van der Waals surface area contributed by atoms with Crippen LogP contribution in [0.2, 0.25) is 5.02 Å². The molecule has 3 aromatic rings. The van der Waals surface area contributed by atoms with Crippen LogP contribution in [0.1, 0.15) is 30.0 Å². The molecule has 1 aliphatic heterocycles. The highest BCUT2D eigenvalue weighted by Crippen LogP contribution is 2.39. The van der Waals surface area contributed by atoms with Crippen molar-refractivity contribution in [2.24, 2.45) is 10.7 Å². The molecule has 0 amide bonds. The first-order valence-corrected chi connectivity index (χ1v) is 9.23. The van der Waals surface area contributed by atoms with E-state index in [1.54, 1.807) is 12.5 Å². The molecule has 1 saturated carbocycles. The normalized spacial score (nSPS) is 21.9. The molecule has 2 aliphatic rings. The Bertz CT molecular complexity index is 1060. The van der Waals surface area contributed by atoms with E-state index in [0.29, 0.717) is 17.4 Å². The summed E-state index contributed by atoms with van der Waals surface area (Å²) in [6.45, 7) is 0. The van der Waals surface area contributed by atoms with Gasteiger partial charge in [0.2, 0.25) is 0 Å². The van der Waals surface area contributed by atoms with Crippen molar-refractivity contribution in [3.05, 3.63) is 52.7 Å². The van der Waals surface area contributed by atoms with Crippen LogP contribution in [0.25, 0.3) is 11.0 Å².